The fourth-order valence-electron chi connectivity index (χ4n) is 17.0. The van der Waals surface area contributed by atoms with Crippen molar-refractivity contribution in [2.75, 3.05) is 153 Å². The van der Waals surface area contributed by atoms with Crippen LogP contribution in [0.1, 0.15) is 156 Å². The fourth-order valence-corrected chi connectivity index (χ4v) is 17.0. The third-order valence-electron chi connectivity index (χ3n) is 24.2. The third-order valence-corrected chi connectivity index (χ3v) is 24.2. The van der Waals surface area contributed by atoms with Gasteiger partial charge in [-0.05, 0) is 231 Å². The fraction of sp³-hybridized carbons (Fsp3) is 0.675. The summed E-state index contributed by atoms with van der Waals surface area (Å²) in [6.07, 6.45) is 34.6. The minimum absolute atomic E-state index is 0. The molecule has 2 N–H and O–H groups in total. The van der Waals surface area contributed by atoms with E-state index in [9.17, 15) is 29.3 Å². The van der Waals surface area contributed by atoms with E-state index in [0.29, 0.717) is 60.1 Å². The van der Waals surface area contributed by atoms with Crippen LogP contribution >= 0.6 is 12.4 Å². The number of nitro benzene ring substituents is 1. The second-order valence-corrected chi connectivity index (χ2v) is 30.4. The van der Waals surface area contributed by atoms with Crippen LogP contribution in [0.3, 0.4) is 0 Å². The van der Waals surface area contributed by atoms with Crippen LogP contribution in [0, 0.1) is 50.0 Å². The molecule has 100 heavy (non-hydrogen) atoms. The van der Waals surface area contributed by atoms with Crippen LogP contribution in [0.5, 0.6) is 5.75 Å². The predicted molar refractivity (Wildman–Crippen MR) is 398 cm³/mol. The minimum Gasteiger partial charge on any atom is -0.481 e. The Kier molecular flexibility index (Phi) is 29.1. The lowest BCUT2D eigenvalue weighted by Crippen LogP contribution is -2.51. The molecule has 550 valence electrons. The van der Waals surface area contributed by atoms with Crippen molar-refractivity contribution in [3.8, 4) is 5.75 Å². The number of non-ortho nitro benzene ring substituents is 1. The van der Waals surface area contributed by atoms with Gasteiger partial charge in [-0.2, -0.15) is 0 Å². The van der Waals surface area contributed by atoms with Crippen molar-refractivity contribution >= 4 is 59.3 Å². The van der Waals surface area contributed by atoms with Crippen LogP contribution in [-0.2, 0) is 4.79 Å². The van der Waals surface area contributed by atoms with Crippen molar-refractivity contribution in [1.29, 1.82) is 0 Å². The van der Waals surface area contributed by atoms with Gasteiger partial charge in [0.15, 0.2) is 0 Å². The van der Waals surface area contributed by atoms with E-state index < -0.39 is 10.9 Å². The Balaban J connectivity index is 0.000000151. The Hall–Kier alpha value is -7.04. The van der Waals surface area contributed by atoms with Crippen molar-refractivity contribution in [3.05, 3.63) is 108 Å². The average Bonchev–Trinajstić information content (AvgIpc) is 1.62. The van der Waals surface area contributed by atoms with E-state index in [2.05, 4.69) is 114 Å². The van der Waals surface area contributed by atoms with Gasteiger partial charge in [-0.3, -0.25) is 29.9 Å². The lowest BCUT2D eigenvalue weighted by atomic mass is 9.78. The Morgan fingerprint density at radius 2 is 0.790 bits per heavy atom. The molecule has 14 rings (SSSR count). The topological polar surface area (TPSA) is 221 Å². The molecule has 5 amide bonds. The normalized spacial score (nSPS) is 21.7. The number of carboxylic acid groups (broad SMARTS) is 1. The number of nitro groups is 1. The van der Waals surface area contributed by atoms with Gasteiger partial charge in [0, 0.05) is 178 Å². The van der Waals surface area contributed by atoms with Gasteiger partial charge in [0.2, 0.25) is 0 Å². The van der Waals surface area contributed by atoms with E-state index in [-0.39, 0.29) is 42.6 Å². The highest BCUT2D eigenvalue weighted by Gasteiger charge is 2.45. The molecular weight excluding hydrogens is 1280 g/mol. The number of hydrogen-bond donors (Lipinski definition) is 2. The summed E-state index contributed by atoms with van der Waals surface area (Å²) >= 11 is 0. The number of amides is 5. The van der Waals surface area contributed by atoms with Crippen LogP contribution in [0.15, 0.2) is 97.8 Å². The van der Waals surface area contributed by atoms with Gasteiger partial charge in [-0.1, -0.05) is 40.0 Å². The molecule has 13 heterocycles. The Labute approximate surface area is 601 Å². The molecule has 3 aromatic heterocycles. The summed E-state index contributed by atoms with van der Waals surface area (Å²) in [7, 11) is 2.21. The lowest BCUT2D eigenvalue weighted by Gasteiger charge is -2.42. The number of nitrogens with zero attached hydrogens (tertiary/aromatic N) is 13. The van der Waals surface area contributed by atoms with Crippen LogP contribution < -0.4 is 24.8 Å². The second-order valence-electron chi connectivity index (χ2n) is 30.4. The lowest BCUT2D eigenvalue weighted by molar-refractivity contribution is -0.384. The Morgan fingerprint density at radius 1 is 0.470 bits per heavy atom. The van der Waals surface area contributed by atoms with E-state index in [1.807, 2.05) is 47.0 Å². The zero-order valence-electron chi connectivity index (χ0n) is 60.6. The number of benzene rings is 1. The molecule has 10 aliphatic rings. The van der Waals surface area contributed by atoms with Crippen molar-refractivity contribution in [2.24, 2.45) is 39.9 Å². The van der Waals surface area contributed by atoms with Crippen LogP contribution in [0.4, 0.5) is 37.1 Å². The predicted octanol–water partition coefficient (Wildman–Crippen LogP) is 13.3. The quantitative estimate of drug-likeness (QED) is 0.111. The van der Waals surface area contributed by atoms with Gasteiger partial charge in [0.25, 0.3) is 5.69 Å². The third kappa shape index (κ3) is 21.8. The van der Waals surface area contributed by atoms with Gasteiger partial charge in [0.1, 0.15) is 5.75 Å². The second kappa shape index (κ2) is 37.8. The summed E-state index contributed by atoms with van der Waals surface area (Å²) in [4.78, 5) is 90.7. The maximum Gasteiger partial charge on any atom is 0.415 e. The number of rotatable bonds is 10. The largest absolute Gasteiger partial charge is 0.481 e. The molecule has 22 nitrogen and oxygen atoms in total. The molecule has 0 atom stereocenters. The molecule has 23 heteroatoms. The number of halogens is 1. The maximum atomic E-state index is 12.9. The minimum atomic E-state index is -0.733. The first-order valence-electron chi connectivity index (χ1n) is 37.9. The van der Waals surface area contributed by atoms with Crippen molar-refractivity contribution in [1.82, 2.24) is 49.7 Å². The molecule has 0 radical (unpaired) electrons. The molecule has 0 saturated carbocycles. The van der Waals surface area contributed by atoms with Gasteiger partial charge >= 0.3 is 24.1 Å². The number of urea groups is 2. The molecule has 3 spiro atoms. The molecule has 0 bridgehead atoms. The Bertz CT molecular complexity index is 3110. The summed E-state index contributed by atoms with van der Waals surface area (Å²) in [5, 5.41) is 22.9. The van der Waals surface area contributed by atoms with Crippen molar-refractivity contribution < 1.29 is 33.9 Å². The van der Waals surface area contributed by atoms with Gasteiger partial charge < -0.3 is 59.3 Å². The number of likely N-dealkylation sites (tertiary alicyclic amines) is 6. The standard InChI is InChI=1S/C21H30N4O3.C21H32N4O.C14H18N2O4.C13H19N3.C8H17N.ClH/c26-19(27)15-17-3-10-23(11-4-17)20(28)24-12-5-21(6-13-24)7-14-25(16-21)18-1-8-22-9-2-18;1-2-18-5-12-23(13-6-18)20(26)24-14-7-21(8-15-24)9-16-25(17-21)19-3-10-22-11-4-19;1-2-11-7-9-15(10-8-11)14(17)20-13-5-3-12(4-6-13)16(18)19;1-6-14-7-2-12(1)16-10-5-13(11-16)3-8-15-9-4-13;1-3-8-4-6-9(2)7-5-8;/h1-2,8-9,17H,3-7,10-16H2,(H,26,27);3-4,10-11,18H,2,5-9,12-17H2,1H3;3-6,11H,2,7-10H2,1H3;1-2,6-7,15H,3-5,8-11H2;8H,3-7H2,1-2H3;1H. The highest BCUT2D eigenvalue weighted by molar-refractivity contribution is 5.85. The number of carbonyl (C=O) groups excluding carboxylic acids is 3. The number of aromatic nitrogens is 3. The number of carbonyl (C=O) groups is 4. The highest BCUT2D eigenvalue weighted by atomic mass is 35.5. The van der Waals surface area contributed by atoms with E-state index in [0.717, 1.165) is 135 Å². The first-order chi connectivity index (χ1) is 48.0. The summed E-state index contributed by atoms with van der Waals surface area (Å²) < 4.78 is 5.22. The van der Waals surface area contributed by atoms with Crippen LogP contribution in [0.25, 0.3) is 0 Å². The molecule has 10 fully saturated rings. The molecule has 10 saturated heterocycles. The number of carboxylic acids is 1. The smallest absolute Gasteiger partial charge is 0.415 e. The molecule has 10 aliphatic heterocycles. The van der Waals surface area contributed by atoms with Gasteiger partial charge in [0.05, 0.1) is 4.92 Å². The summed E-state index contributed by atoms with van der Waals surface area (Å²) in [5.41, 5.74) is 5.17. The van der Waals surface area contributed by atoms with E-state index in [1.54, 1.807) is 4.90 Å². The van der Waals surface area contributed by atoms with Gasteiger partial charge in [-0.25, -0.2) is 14.4 Å². The van der Waals surface area contributed by atoms with E-state index in [1.165, 1.54) is 151 Å². The molecular formula is C77H117ClN14O8. The number of nitrogens with one attached hydrogen (secondary N) is 1. The summed E-state index contributed by atoms with van der Waals surface area (Å²) in [5.74, 6) is 2.35. The number of ether oxygens (including phenoxy) is 1. The van der Waals surface area contributed by atoms with E-state index in [4.69, 9.17) is 9.84 Å². The van der Waals surface area contributed by atoms with Gasteiger partial charge in [-0.15, -0.1) is 12.4 Å². The van der Waals surface area contributed by atoms with E-state index >= 15 is 0 Å². The number of anilines is 3. The van der Waals surface area contributed by atoms with Crippen molar-refractivity contribution in [3.63, 3.8) is 0 Å². The summed E-state index contributed by atoms with van der Waals surface area (Å²) in [6.45, 7) is 26.8. The zero-order valence-corrected chi connectivity index (χ0v) is 61.4. The number of piperidine rings is 7. The molecule has 0 aliphatic carbocycles. The number of hydrogen-bond acceptors (Lipinski definition) is 15. The molecule has 4 aromatic rings. The average molecular weight is 1400 g/mol. The van der Waals surface area contributed by atoms with Crippen LogP contribution in [-0.4, -0.2) is 216 Å². The maximum absolute atomic E-state index is 12.9. The first kappa shape index (κ1) is 77.1. The van der Waals surface area contributed by atoms with Crippen molar-refractivity contribution in [2.45, 2.75) is 156 Å². The zero-order chi connectivity index (χ0) is 69.6. The monoisotopic (exact) mass is 1400 g/mol. The first-order valence-corrected chi connectivity index (χ1v) is 37.9. The molecule has 1 aromatic carbocycles. The highest BCUT2D eigenvalue weighted by Crippen LogP contribution is 2.45. The summed E-state index contributed by atoms with van der Waals surface area (Å²) in [6, 6.07) is 18.6. The number of pyridine rings is 3. The van der Waals surface area contributed by atoms with Crippen LogP contribution in [0.2, 0.25) is 0 Å². The molecule has 0 unspecified atom stereocenters. The Morgan fingerprint density at radius 3 is 1.14 bits per heavy atom. The SMILES string of the molecule is CCC1CCN(C(=O)N2CCC3(CC2)CCN(c2ccncc2)C3)CC1.CCC1CCN(C(=O)Oc2ccc([N+](=O)[O-])cc2)CC1.CCC1CCN(C)CC1.Cl.O=C(O)CC1CCN(C(=O)N2CCC3(CC2)CCN(c2ccncc2)C3)CC1.c1cc(N2CCC3(CCNCC3)C2)ccn1. The number of aliphatic carboxylic acids is 1.